The summed E-state index contributed by atoms with van der Waals surface area (Å²) in [5.41, 5.74) is 0. The van der Waals surface area contributed by atoms with E-state index in [1.165, 1.54) is 0 Å². The van der Waals surface area contributed by atoms with Crippen LogP contribution in [0, 0.1) is 23.2 Å². The Labute approximate surface area is 55.1 Å². The molecule has 1 N–H and O–H groups in total. The van der Waals surface area contributed by atoms with Crippen molar-refractivity contribution in [3.8, 4) is 6.07 Å². The summed E-state index contributed by atoms with van der Waals surface area (Å²) in [5, 5.41) is 17.1. The van der Waals surface area contributed by atoms with Crippen LogP contribution in [0.3, 0.4) is 0 Å². The molecular formula is C7H11NO. The Hall–Kier alpha value is -0.550. The summed E-state index contributed by atoms with van der Waals surface area (Å²) < 4.78 is 0. The highest BCUT2D eigenvalue weighted by Gasteiger charge is 2.23. The molecule has 0 aromatic carbocycles. The Bertz CT molecular complexity index is 127. The quantitative estimate of drug-likeness (QED) is 0.566. The number of aliphatic hydroxyl groups excluding tert-OH is 1. The molecule has 50 valence electrons. The summed E-state index contributed by atoms with van der Waals surface area (Å²) in [6.45, 7) is 0.262. The minimum atomic E-state index is 0.224. The molecule has 0 saturated heterocycles. The third-order valence-electron chi connectivity index (χ3n) is 1.98. The van der Waals surface area contributed by atoms with E-state index in [1.807, 2.05) is 0 Å². The topological polar surface area (TPSA) is 44.0 Å². The van der Waals surface area contributed by atoms with Crippen LogP contribution < -0.4 is 0 Å². The third-order valence-corrected chi connectivity index (χ3v) is 1.98. The summed E-state index contributed by atoms with van der Waals surface area (Å²) >= 11 is 0. The van der Waals surface area contributed by atoms with Crippen molar-refractivity contribution in [2.75, 3.05) is 6.61 Å². The van der Waals surface area contributed by atoms with Crippen LogP contribution >= 0.6 is 0 Å². The maximum Gasteiger partial charge on any atom is 0.0655 e. The van der Waals surface area contributed by atoms with E-state index in [0.717, 1.165) is 19.3 Å². The zero-order valence-corrected chi connectivity index (χ0v) is 5.38. The minimum absolute atomic E-state index is 0.224. The summed E-state index contributed by atoms with van der Waals surface area (Å²) in [6, 6.07) is 2.22. The van der Waals surface area contributed by atoms with Crippen LogP contribution in [0.25, 0.3) is 0 Å². The van der Waals surface area contributed by atoms with Crippen LogP contribution in [0.4, 0.5) is 0 Å². The van der Waals surface area contributed by atoms with Crippen LogP contribution in [0.2, 0.25) is 0 Å². The molecule has 0 aromatic heterocycles. The fourth-order valence-corrected chi connectivity index (χ4v) is 1.36. The second-order valence-corrected chi connectivity index (χ2v) is 2.69. The minimum Gasteiger partial charge on any atom is -0.396 e. The van der Waals surface area contributed by atoms with Crippen LogP contribution in [0.1, 0.15) is 19.3 Å². The standard InChI is InChI=1S/C7H11NO/c8-4-6-1-2-7(3-6)5-9/h6-7,9H,1-3,5H2/t6-,7+/m1/s1. The highest BCUT2D eigenvalue weighted by atomic mass is 16.3. The average Bonchev–Trinajstić information content (AvgIpc) is 2.34. The molecule has 1 aliphatic carbocycles. The fraction of sp³-hybridized carbons (Fsp3) is 0.857. The molecule has 1 rings (SSSR count). The van der Waals surface area contributed by atoms with E-state index in [0.29, 0.717) is 5.92 Å². The first-order chi connectivity index (χ1) is 4.36. The molecule has 0 aliphatic heterocycles. The van der Waals surface area contributed by atoms with Crippen molar-refractivity contribution >= 4 is 0 Å². The van der Waals surface area contributed by atoms with Gasteiger partial charge in [-0.15, -0.1) is 0 Å². The van der Waals surface area contributed by atoms with Gasteiger partial charge in [0.2, 0.25) is 0 Å². The molecule has 0 unspecified atom stereocenters. The molecule has 2 heteroatoms. The molecule has 1 aliphatic rings. The Kier molecular flexibility index (Phi) is 2.07. The monoisotopic (exact) mass is 125 g/mol. The predicted molar refractivity (Wildman–Crippen MR) is 33.5 cm³/mol. The van der Waals surface area contributed by atoms with Gasteiger partial charge in [0.1, 0.15) is 0 Å². The molecule has 1 saturated carbocycles. The number of aliphatic hydroxyl groups is 1. The van der Waals surface area contributed by atoms with E-state index >= 15 is 0 Å². The van der Waals surface area contributed by atoms with Crippen molar-refractivity contribution < 1.29 is 5.11 Å². The number of hydrogen-bond acceptors (Lipinski definition) is 2. The zero-order valence-electron chi connectivity index (χ0n) is 5.38. The molecule has 1 fully saturated rings. The average molecular weight is 125 g/mol. The Balaban J connectivity index is 2.31. The van der Waals surface area contributed by atoms with E-state index in [2.05, 4.69) is 6.07 Å². The van der Waals surface area contributed by atoms with Gasteiger partial charge in [0.15, 0.2) is 0 Å². The van der Waals surface area contributed by atoms with Gasteiger partial charge in [0.05, 0.1) is 6.07 Å². The van der Waals surface area contributed by atoms with Gasteiger partial charge in [-0.1, -0.05) is 0 Å². The lowest BCUT2D eigenvalue weighted by atomic mass is 10.1. The summed E-state index contributed by atoms with van der Waals surface area (Å²) in [4.78, 5) is 0. The highest BCUT2D eigenvalue weighted by molar-refractivity contribution is 4.89. The van der Waals surface area contributed by atoms with E-state index in [1.54, 1.807) is 0 Å². The van der Waals surface area contributed by atoms with Gasteiger partial charge in [-0.25, -0.2) is 0 Å². The van der Waals surface area contributed by atoms with Crippen LogP contribution in [-0.4, -0.2) is 11.7 Å². The van der Waals surface area contributed by atoms with E-state index in [4.69, 9.17) is 10.4 Å². The van der Waals surface area contributed by atoms with Crippen molar-refractivity contribution in [2.24, 2.45) is 11.8 Å². The van der Waals surface area contributed by atoms with Crippen molar-refractivity contribution in [3.63, 3.8) is 0 Å². The number of hydrogen-bond donors (Lipinski definition) is 1. The first kappa shape index (κ1) is 6.57. The predicted octanol–water partition coefficient (Wildman–Crippen LogP) is 0.919. The lowest BCUT2D eigenvalue weighted by Crippen LogP contribution is -1.99. The van der Waals surface area contributed by atoms with Crippen molar-refractivity contribution in [1.29, 1.82) is 5.26 Å². The molecule has 0 aromatic rings. The lowest BCUT2D eigenvalue weighted by Gasteiger charge is -2.00. The number of nitriles is 1. The third kappa shape index (κ3) is 1.43. The van der Waals surface area contributed by atoms with Crippen LogP contribution in [0.15, 0.2) is 0 Å². The molecule has 0 amide bonds. The van der Waals surface area contributed by atoms with Crippen molar-refractivity contribution in [1.82, 2.24) is 0 Å². The summed E-state index contributed by atoms with van der Waals surface area (Å²) in [7, 11) is 0. The number of nitrogens with zero attached hydrogens (tertiary/aromatic N) is 1. The first-order valence-electron chi connectivity index (χ1n) is 3.37. The summed E-state index contributed by atoms with van der Waals surface area (Å²) in [5.74, 6) is 0.636. The summed E-state index contributed by atoms with van der Waals surface area (Å²) in [6.07, 6.45) is 2.93. The largest absolute Gasteiger partial charge is 0.396 e. The molecule has 0 bridgehead atoms. The Morgan fingerprint density at radius 2 is 2.33 bits per heavy atom. The fourth-order valence-electron chi connectivity index (χ4n) is 1.36. The van der Waals surface area contributed by atoms with Gasteiger partial charge in [-0.2, -0.15) is 5.26 Å². The molecule has 0 heterocycles. The van der Waals surface area contributed by atoms with Crippen molar-refractivity contribution in [2.45, 2.75) is 19.3 Å². The molecule has 9 heavy (non-hydrogen) atoms. The van der Waals surface area contributed by atoms with Crippen molar-refractivity contribution in [3.05, 3.63) is 0 Å². The molecule has 0 radical (unpaired) electrons. The first-order valence-corrected chi connectivity index (χ1v) is 3.37. The Morgan fingerprint density at radius 1 is 1.56 bits per heavy atom. The number of rotatable bonds is 1. The van der Waals surface area contributed by atoms with E-state index in [-0.39, 0.29) is 12.5 Å². The lowest BCUT2D eigenvalue weighted by molar-refractivity contribution is 0.228. The van der Waals surface area contributed by atoms with E-state index in [9.17, 15) is 0 Å². The van der Waals surface area contributed by atoms with Gasteiger partial charge in [-0.3, -0.25) is 0 Å². The van der Waals surface area contributed by atoms with Gasteiger partial charge >= 0.3 is 0 Å². The van der Waals surface area contributed by atoms with Gasteiger partial charge in [0.25, 0.3) is 0 Å². The molecule has 2 nitrogen and oxygen atoms in total. The second-order valence-electron chi connectivity index (χ2n) is 2.69. The smallest absolute Gasteiger partial charge is 0.0655 e. The Morgan fingerprint density at radius 3 is 2.67 bits per heavy atom. The SMILES string of the molecule is N#C[C@@H]1CC[C@H](CO)C1. The molecule has 0 spiro atoms. The second kappa shape index (κ2) is 2.84. The maximum absolute atomic E-state index is 8.67. The maximum atomic E-state index is 8.67. The molecular weight excluding hydrogens is 114 g/mol. The van der Waals surface area contributed by atoms with Gasteiger partial charge in [-0.05, 0) is 25.2 Å². The van der Waals surface area contributed by atoms with Gasteiger partial charge < -0.3 is 5.11 Å². The molecule has 2 atom stereocenters. The normalized spacial score (nSPS) is 34.2. The van der Waals surface area contributed by atoms with Crippen LogP contribution in [0.5, 0.6) is 0 Å². The van der Waals surface area contributed by atoms with Crippen LogP contribution in [-0.2, 0) is 0 Å². The van der Waals surface area contributed by atoms with E-state index < -0.39 is 0 Å². The van der Waals surface area contributed by atoms with Gasteiger partial charge in [0, 0.05) is 12.5 Å². The highest BCUT2D eigenvalue weighted by Crippen LogP contribution is 2.29. The zero-order chi connectivity index (χ0) is 6.69.